The van der Waals surface area contributed by atoms with E-state index in [1.807, 2.05) is 35.7 Å². The smallest absolute Gasteiger partial charge is 0.203 e. The maximum atomic E-state index is 5.44. The second-order valence-electron chi connectivity index (χ2n) is 5.79. The van der Waals surface area contributed by atoms with Gasteiger partial charge in [-0.05, 0) is 24.3 Å². The highest BCUT2D eigenvalue weighted by Crippen LogP contribution is 2.41. The van der Waals surface area contributed by atoms with E-state index in [1.165, 1.54) is 4.70 Å². The number of benzene rings is 2. The number of para-hydroxylation sites is 1. The van der Waals surface area contributed by atoms with Crippen LogP contribution in [0.25, 0.3) is 21.5 Å². The number of aromatic nitrogens is 2. The van der Waals surface area contributed by atoms with Crippen LogP contribution in [0.1, 0.15) is 10.0 Å². The van der Waals surface area contributed by atoms with Gasteiger partial charge in [-0.25, -0.2) is 9.97 Å². The van der Waals surface area contributed by atoms with E-state index in [0.717, 1.165) is 33.2 Å². The molecule has 27 heavy (non-hydrogen) atoms. The number of fused-ring (bicyclic) bond motifs is 1. The topological polar surface area (TPSA) is 53.5 Å². The summed E-state index contributed by atoms with van der Waals surface area (Å²) in [4.78, 5) is 9.48. The average Bonchev–Trinajstić information content (AvgIpc) is 3.33. The van der Waals surface area contributed by atoms with Crippen molar-refractivity contribution in [3.63, 3.8) is 0 Å². The summed E-state index contributed by atoms with van der Waals surface area (Å²) in [5.41, 5.74) is 2.85. The van der Waals surface area contributed by atoms with Crippen molar-refractivity contribution in [1.29, 1.82) is 0 Å². The number of rotatable bonds is 6. The summed E-state index contributed by atoms with van der Waals surface area (Å²) < 4.78 is 17.5. The zero-order valence-corrected chi connectivity index (χ0v) is 16.8. The first-order valence-electron chi connectivity index (χ1n) is 8.31. The molecule has 138 valence electrons. The Kier molecular flexibility index (Phi) is 4.96. The summed E-state index contributed by atoms with van der Waals surface area (Å²) in [6, 6.07) is 12.0. The van der Waals surface area contributed by atoms with E-state index >= 15 is 0 Å². The van der Waals surface area contributed by atoms with Crippen molar-refractivity contribution >= 4 is 32.9 Å². The van der Waals surface area contributed by atoms with Crippen LogP contribution < -0.4 is 14.2 Å². The fourth-order valence-corrected chi connectivity index (χ4v) is 4.75. The Morgan fingerprint density at radius 1 is 0.889 bits per heavy atom. The first-order chi connectivity index (χ1) is 13.2. The lowest BCUT2D eigenvalue weighted by molar-refractivity contribution is 0.324. The van der Waals surface area contributed by atoms with Crippen LogP contribution in [0.4, 0.5) is 0 Å². The van der Waals surface area contributed by atoms with Crippen LogP contribution in [0.5, 0.6) is 17.2 Å². The minimum absolute atomic E-state index is 0.577. The minimum atomic E-state index is 0.577. The molecule has 0 saturated carbocycles. The van der Waals surface area contributed by atoms with Gasteiger partial charge in [0.2, 0.25) is 5.75 Å². The highest BCUT2D eigenvalue weighted by Gasteiger charge is 2.16. The molecule has 2 heterocycles. The first-order valence-corrected chi connectivity index (χ1v) is 10.0. The fraction of sp³-hybridized carbons (Fsp3) is 0.200. The minimum Gasteiger partial charge on any atom is -0.493 e. The predicted molar refractivity (Wildman–Crippen MR) is 110 cm³/mol. The van der Waals surface area contributed by atoms with E-state index in [-0.39, 0.29) is 0 Å². The summed E-state index contributed by atoms with van der Waals surface area (Å²) in [5.74, 6) is 1.81. The van der Waals surface area contributed by atoms with E-state index in [2.05, 4.69) is 6.07 Å². The lowest BCUT2D eigenvalue weighted by Gasteiger charge is -2.13. The monoisotopic (exact) mass is 398 g/mol. The lowest BCUT2D eigenvalue weighted by atomic mass is 10.1. The molecular weight excluding hydrogens is 380 g/mol. The second-order valence-corrected chi connectivity index (χ2v) is 7.85. The fourth-order valence-electron chi connectivity index (χ4n) is 2.88. The molecule has 2 aromatic carbocycles. The Hall–Kier alpha value is -2.64. The SMILES string of the molecule is COc1cc(-c2csc(Cc3nc4ccccc4s3)n2)cc(OC)c1OC. The molecular formula is C20H18N2O3S2. The molecule has 0 radical (unpaired) electrons. The van der Waals surface area contributed by atoms with Gasteiger partial charge in [0.05, 0.1) is 43.7 Å². The van der Waals surface area contributed by atoms with Crippen molar-refractivity contribution in [1.82, 2.24) is 9.97 Å². The summed E-state index contributed by atoms with van der Waals surface area (Å²) in [6.45, 7) is 0. The van der Waals surface area contributed by atoms with Crippen molar-refractivity contribution in [2.75, 3.05) is 21.3 Å². The van der Waals surface area contributed by atoms with Crippen molar-refractivity contribution < 1.29 is 14.2 Å². The number of methoxy groups -OCH3 is 3. The Morgan fingerprint density at radius 2 is 1.63 bits per heavy atom. The maximum Gasteiger partial charge on any atom is 0.203 e. The third kappa shape index (κ3) is 3.48. The van der Waals surface area contributed by atoms with E-state index in [4.69, 9.17) is 24.2 Å². The molecule has 0 amide bonds. The van der Waals surface area contributed by atoms with E-state index in [9.17, 15) is 0 Å². The van der Waals surface area contributed by atoms with E-state index in [0.29, 0.717) is 17.2 Å². The summed E-state index contributed by atoms with van der Waals surface area (Å²) >= 11 is 3.34. The zero-order chi connectivity index (χ0) is 18.8. The number of hydrogen-bond donors (Lipinski definition) is 0. The van der Waals surface area contributed by atoms with Gasteiger partial charge in [-0.2, -0.15) is 0 Å². The molecule has 0 aliphatic heterocycles. The van der Waals surface area contributed by atoms with Crippen LogP contribution in [0.3, 0.4) is 0 Å². The Labute approximate surface area is 165 Å². The van der Waals surface area contributed by atoms with Gasteiger partial charge in [0, 0.05) is 10.9 Å². The van der Waals surface area contributed by atoms with Crippen molar-refractivity contribution in [2.45, 2.75) is 6.42 Å². The molecule has 0 N–H and O–H groups in total. The molecule has 5 nitrogen and oxygen atoms in total. The molecule has 0 aliphatic rings. The average molecular weight is 399 g/mol. The van der Waals surface area contributed by atoms with Gasteiger partial charge in [-0.15, -0.1) is 22.7 Å². The van der Waals surface area contributed by atoms with Crippen LogP contribution in [-0.4, -0.2) is 31.3 Å². The molecule has 0 atom stereocenters. The molecule has 0 bridgehead atoms. The summed E-state index contributed by atoms with van der Waals surface area (Å²) in [6.07, 6.45) is 0.731. The van der Waals surface area contributed by atoms with Crippen molar-refractivity contribution in [3.8, 4) is 28.5 Å². The van der Waals surface area contributed by atoms with Crippen LogP contribution in [0, 0.1) is 0 Å². The standard InChI is InChI=1S/C20H18N2O3S2/c1-23-15-8-12(9-16(24-2)20(15)25-3)14-11-26-18(22-14)10-19-21-13-6-4-5-7-17(13)27-19/h4-9,11H,10H2,1-3H3. The highest BCUT2D eigenvalue weighted by atomic mass is 32.1. The van der Waals surface area contributed by atoms with Crippen LogP contribution >= 0.6 is 22.7 Å². The van der Waals surface area contributed by atoms with Gasteiger partial charge in [-0.1, -0.05) is 12.1 Å². The van der Waals surface area contributed by atoms with Gasteiger partial charge in [0.1, 0.15) is 10.0 Å². The van der Waals surface area contributed by atoms with Gasteiger partial charge in [-0.3, -0.25) is 0 Å². The molecule has 4 rings (SSSR count). The molecule has 7 heteroatoms. The number of ether oxygens (including phenoxy) is 3. The van der Waals surface area contributed by atoms with Crippen LogP contribution in [-0.2, 0) is 6.42 Å². The van der Waals surface area contributed by atoms with Crippen LogP contribution in [0.2, 0.25) is 0 Å². The predicted octanol–water partition coefficient (Wildman–Crippen LogP) is 5.04. The molecule has 0 spiro atoms. The number of hydrogen-bond acceptors (Lipinski definition) is 7. The van der Waals surface area contributed by atoms with Gasteiger partial charge >= 0.3 is 0 Å². The van der Waals surface area contributed by atoms with Crippen molar-refractivity contribution in [3.05, 3.63) is 51.8 Å². The molecule has 0 saturated heterocycles. The quantitative estimate of drug-likeness (QED) is 0.456. The van der Waals surface area contributed by atoms with E-state index < -0.39 is 0 Å². The van der Waals surface area contributed by atoms with E-state index in [1.54, 1.807) is 44.0 Å². The lowest BCUT2D eigenvalue weighted by Crippen LogP contribution is -1.96. The summed E-state index contributed by atoms with van der Waals surface area (Å²) in [5, 5.41) is 4.14. The van der Waals surface area contributed by atoms with Crippen molar-refractivity contribution in [2.24, 2.45) is 0 Å². The zero-order valence-electron chi connectivity index (χ0n) is 15.2. The Balaban J connectivity index is 1.64. The van der Waals surface area contributed by atoms with Gasteiger partial charge < -0.3 is 14.2 Å². The second kappa shape index (κ2) is 7.54. The molecule has 4 aromatic rings. The summed E-state index contributed by atoms with van der Waals surface area (Å²) in [7, 11) is 4.82. The Bertz CT molecular complexity index is 1030. The third-order valence-electron chi connectivity index (χ3n) is 4.15. The van der Waals surface area contributed by atoms with Gasteiger partial charge in [0.25, 0.3) is 0 Å². The normalized spacial score (nSPS) is 10.9. The largest absolute Gasteiger partial charge is 0.493 e. The molecule has 2 aromatic heterocycles. The molecule has 0 unspecified atom stereocenters. The van der Waals surface area contributed by atoms with Crippen LogP contribution in [0.15, 0.2) is 41.8 Å². The third-order valence-corrected chi connectivity index (χ3v) is 6.04. The number of thiazole rings is 2. The molecule has 0 aliphatic carbocycles. The highest BCUT2D eigenvalue weighted by molar-refractivity contribution is 7.18. The molecule has 0 fully saturated rings. The number of nitrogens with zero attached hydrogens (tertiary/aromatic N) is 2. The van der Waals surface area contributed by atoms with Gasteiger partial charge in [0.15, 0.2) is 11.5 Å². The maximum absolute atomic E-state index is 5.44. The Morgan fingerprint density at radius 3 is 2.30 bits per heavy atom. The first kappa shape index (κ1) is 17.8.